The van der Waals surface area contributed by atoms with Crippen molar-refractivity contribution in [2.24, 2.45) is 11.8 Å². The van der Waals surface area contributed by atoms with E-state index in [0.29, 0.717) is 6.04 Å². The largest absolute Gasteiger partial charge is 0.352 e. The minimum Gasteiger partial charge on any atom is -0.352 e. The Bertz CT molecular complexity index is 236. The van der Waals surface area contributed by atoms with Gasteiger partial charge in [0.2, 0.25) is 5.91 Å². The molecule has 1 amide bonds. The first-order valence-electron chi connectivity index (χ1n) is 5.33. The Kier molecular flexibility index (Phi) is 3.94. The summed E-state index contributed by atoms with van der Waals surface area (Å²) in [4.78, 5) is 11.4. The van der Waals surface area contributed by atoms with E-state index >= 15 is 0 Å². The average Bonchev–Trinajstić information content (AvgIpc) is 2.20. The molecule has 1 aliphatic carbocycles. The van der Waals surface area contributed by atoms with Gasteiger partial charge in [-0.25, -0.2) is 0 Å². The van der Waals surface area contributed by atoms with Crippen LogP contribution in [0, 0.1) is 23.2 Å². The van der Waals surface area contributed by atoms with Crippen LogP contribution < -0.4 is 5.32 Å². The molecule has 78 valence electrons. The maximum absolute atomic E-state index is 11.4. The molecule has 0 bridgehead atoms. The first-order chi connectivity index (χ1) is 6.63. The number of amides is 1. The lowest BCUT2D eigenvalue weighted by Gasteiger charge is -2.27. The van der Waals surface area contributed by atoms with Gasteiger partial charge in [0.05, 0.1) is 6.07 Å². The molecule has 0 aromatic rings. The fourth-order valence-corrected chi connectivity index (χ4v) is 1.79. The van der Waals surface area contributed by atoms with Crippen LogP contribution in [-0.4, -0.2) is 11.9 Å². The molecule has 0 heterocycles. The van der Waals surface area contributed by atoms with E-state index in [-0.39, 0.29) is 5.91 Å². The highest BCUT2D eigenvalue weighted by molar-refractivity contribution is 5.80. The van der Waals surface area contributed by atoms with E-state index in [4.69, 9.17) is 5.26 Å². The summed E-state index contributed by atoms with van der Waals surface area (Å²) in [5, 5.41) is 11.5. The molecule has 3 heteroatoms. The molecule has 1 N–H and O–H groups in total. The van der Waals surface area contributed by atoms with Gasteiger partial charge in [-0.05, 0) is 38.5 Å². The molecule has 3 nitrogen and oxygen atoms in total. The van der Waals surface area contributed by atoms with E-state index < -0.39 is 5.92 Å². The van der Waals surface area contributed by atoms with E-state index in [0.717, 1.165) is 18.8 Å². The summed E-state index contributed by atoms with van der Waals surface area (Å²) in [5.41, 5.74) is 0. The van der Waals surface area contributed by atoms with Gasteiger partial charge in [0.1, 0.15) is 5.92 Å². The predicted octanol–water partition coefficient (Wildman–Crippen LogP) is 1.84. The van der Waals surface area contributed by atoms with Crippen LogP contribution in [0.3, 0.4) is 0 Å². The third-order valence-corrected chi connectivity index (χ3v) is 2.95. The molecule has 0 radical (unpaired) electrons. The Labute approximate surface area is 85.5 Å². The van der Waals surface area contributed by atoms with Gasteiger partial charge in [0, 0.05) is 6.04 Å². The standard InChI is InChI=1S/C11H18N2O/c1-8-3-5-10(6-4-8)13-11(14)9(2)7-12/h8-10H,3-6H2,1-2H3,(H,13,14). The number of carbonyl (C=O) groups excluding carboxylic acids is 1. The molecule has 1 saturated carbocycles. The molecule has 0 aliphatic heterocycles. The zero-order valence-corrected chi connectivity index (χ0v) is 8.92. The summed E-state index contributed by atoms with van der Waals surface area (Å²) in [5.74, 6) is 0.151. The van der Waals surface area contributed by atoms with Crippen LogP contribution in [0.25, 0.3) is 0 Å². The quantitative estimate of drug-likeness (QED) is 0.729. The fourth-order valence-electron chi connectivity index (χ4n) is 1.79. The SMILES string of the molecule is CC1CCC(NC(=O)C(C)C#N)CC1. The van der Waals surface area contributed by atoms with E-state index in [2.05, 4.69) is 12.2 Å². The molecule has 0 spiro atoms. The number of nitriles is 1. The van der Waals surface area contributed by atoms with Gasteiger partial charge in [0.25, 0.3) is 0 Å². The highest BCUT2D eigenvalue weighted by atomic mass is 16.1. The second-order valence-corrected chi connectivity index (χ2v) is 4.32. The molecule has 14 heavy (non-hydrogen) atoms. The molecule has 0 aromatic carbocycles. The lowest BCUT2D eigenvalue weighted by atomic mass is 9.87. The van der Waals surface area contributed by atoms with Crippen molar-refractivity contribution in [3.8, 4) is 6.07 Å². The smallest absolute Gasteiger partial charge is 0.237 e. The minimum absolute atomic E-state index is 0.118. The first-order valence-corrected chi connectivity index (χ1v) is 5.33. The summed E-state index contributed by atoms with van der Waals surface area (Å²) in [6.45, 7) is 3.89. The van der Waals surface area contributed by atoms with Crippen molar-refractivity contribution in [3.63, 3.8) is 0 Å². The molecule has 1 aliphatic rings. The number of hydrogen-bond donors (Lipinski definition) is 1. The van der Waals surface area contributed by atoms with Crippen LogP contribution in [0.2, 0.25) is 0 Å². The summed E-state index contributed by atoms with van der Waals surface area (Å²) in [6.07, 6.45) is 4.49. The van der Waals surface area contributed by atoms with Gasteiger partial charge in [-0.1, -0.05) is 6.92 Å². The lowest BCUT2D eigenvalue weighted by molar-refractivity contribution is -0.123. The summed E-state index contributed by atoms with van der Waals surface area (Å²) >= 11 is 0. The van der Waals surface area contributed by atoms with Gasteiger partial charge in [-0.2, -0.15) is 5.26 Å². The van der Waals surface area contributed by atoms with Crippen molar-refractivity contribution in [2.75, 3.05) is 0 Å². The number of nitrogens with one attached hydrogen (secondary N) is 1. The normalized spacial score (nSPS) is 28.9. The van der Waals surface area contributed by atoms with Crippen LogP contribution in [0.1, 0.15) is 39.5 Å². The van der Waals surface area contributed by atoms with E-state index in [1.807, 2.05) is 6.07 Å². The first kappa shape index (κ1) is 11.0. The van der Waals surface area contributed by atoms with Crippen molar-refractivity contribution in [3.05, 3.63) is 0 Å². The van der Waals surface area contributed by atoms with Gasteiger partial charge in [-0.15, -0.1) is 0 Å². The minimum atomic E-state index is -0.519. The van der Waals surface area contributed by atoms with Crippen LogP contribution in [0.5, 0.6) is 0 Å². The van der Waals surface area contributed by atoms with Crippen LogP contribution in [0.4, 0.5) is 0 Å². The topological polar surface area (TPSA) is 52.9 Å². The second kappa shape index (κ2) is 4.99. The van der Waals surface area contributed by atoms with Gasteiger partial charge in [-0.3, -0.25) is 4.79 Å². The number of nitrogens with zero attached hydrogens (tertiary/aromatic N) is 1. The fraction of sp³-hybridized carbons (Fsp3) is 0.818. The third kappa shape index (κ3) is 3.02. The van der Waals surface area contributed by atoms with Crippen molar-refractivity contribution < 1.29 is 4.79 Å². The lowest BCUT2D eigenvalue weighted by Crippen LogP contribution is -2.39. The second-order valence-electron chi connectivity index (χ2n) is 4.32. The summed E-state index contributed by atoms with van der Waals surface area (Å²) in [7, 11) is 0. The van der Waals surface area contributed by atoms with Crippen LogP contribution in [-0.2, 0) is 4.79 Å². The summed E-state index contributed by atoms with van der Waals surface area (Å²) < 4.78 is 0. The van der Waals surface area contributed by atoms with Crippen molar-refractivity contribution in [2.45, 2.75) is 45.6 Å². The molecule has 1 fully saturated rings. The zero-order valence-electron chi connectivity index (χ0n) is 8.92. The maximum atomic E-state index is 11.4. The van der Waals surface area contributed by atoms with E-state index in [1.165, 1.54) is 12.8 Å². The molecular formula is C11H18N2O. The van der Waals surface area contributed by atoms with Crippen LogP contribution in [0.15, 0.2) is 0 Å². The Morgan fingerprint density at radius 1 is 1.43 bits per heavy atom. The van der Waals surface area contributed by atoms with Crippen molar-refractivity contribution in [1.29, 1.82) is 5.26 Å². The zero-order chi connectivity index (χ0) is 10.6. The van der Waals surface area contributed by atoms with E-state index in [9.17, 15) is 4.79 Å². The Hall–Kier alpha value is -1.04. The predicted molar refractivity (Wildman–Crippen MR) is 54.3 cm³/mol. The maximum Gasteiger partial charge on any atom is 0.237 e. The van der Waals surface area contributed by atoms with Gasteiger partial charge in [0.15, 0.2) is 0 Å². The third-order valence-electron chi connectivity index (χ3n) is 2.95. The number of carbonyl (C=O) groups is 1. The molecular weight excluding hydrogens is 176 g/mol. The summed E-state index contributed by atoms with van der Waals surface area (Å²) in [6, 6.07) is 2.25. The monoisotopic (exact) mass is 194 g/mol. The highest BCUT2D eigenvalue weighted by Crippen LogP contribution is 2.23. The van der Waals surface area contributed by atoms with Gasteiger partial charge >= 0.3 is 0 Å². The van der Waals surface area contributed by atoms with E-state index in [1.54, 1.807) is 6.92 Å². The molecule has 1 unspecified atom stereocenters. The number of rotatable bonds is 2. The molecule has 0 aromatic heterocycles. The Balaban J connectivity index is 2.32. The molecule has 0 saturated heterocycles. The Morgan fingerprint density at radius 3 is 2.50 bits per heavy atom. The highest BCUT2D eigenvalue weighted by Gasteiger charge is 2.21. The molecule has 1 rings (SSSR count). The number of hydrogen-bond acceptors (Lipinski definition) is 2. The van der Waals surface area contributed by atoms with Crippen molar-refractivity contribution >= 4 is 5.91 Å². The van der Waals surface area contributed by atoms with Crippen LogP contribution >= 0.6 is 0 Å². The Morgan fingerprint density at radius 2 is 2.00 bits per heavy atom. The van der Waals surface area contributed by atoms with Crippen molar-refractivity contribution in [1.82, 2.24) is 5.32 Å². The van der Waals surface area contributed by atoms with Gasteiger partial charge < -0.3 is 5.32 Å². The molecule has 1 atom stereocenters. The average molecular weight is 194 g/mol.